The van der Waals surface area contributed by atoms with Gasteiger partial charge >= 0.3 is 0 Å². The van der Waals surface area contributed by atoms with Gasteiger partial charge in [-0.15, -0.1) is 0 Å². The quantitative estimate of drug-likeness (QED) is 0.159. The van der Waals surface area contributed by atoms with Crippen molar-refractivity contribution in [2.45, 2.75) is 57.4 Å². The van der Waals surface area contributed by atoms with Crippen LogP contribution in [0.3, 0.4) is 0 Å². The summed E-state index contributed by atoms with van der Waals surface area (Å²) in [7, 11) is 0. The largest absolute Gasteiger partial charge is 0.356 e. The van der Waals surface area contributed by atoms with Crippen LogP contribution in [0.25, 0.3) is 0 Å². The number of carbonyl (C=O) groups excluding carboxylic acids is 7. The van der Waals surface area contributed by atoms with E-state index in [-0.39, 0.29) is 94.2 Å². The summed E-state index contributed by atoms with van der Waals surface area (Å²) in [5.41, 5.74) is 0. The summed E-state index contributed by atoms with van der Waals surface area (Å²) < 4.78 is 0. The molecule has 0 radical (unpaired) electrons. The number of amides is 7. The van der Waals surface area contributed by atoms with Gasteiger partial charge in [0.15, 0.2) is 0 Å². The highest BCUT2D eigenvalue weighted by molar-refractivity contribution is 6.02. The third-order valence-electron chi connectivity index (χ3n) is 5.29. The van der Waals surface area contributed by atoms with Crippen molar-refractivity contribution in [1.82, 2.24) is 25.8 Å². The fourth-order valence-corrected chi connectivity index (χ4v) is 3.52. The van der Waals surface area contributed by atoms with E-state index in [1.165, 1.54) is 9.80 Å². The molecule has 0 aromatic rings. The molecule has 2 aliphatic rings. The lowest BCUT2D eigenvalue weighted by Gasteiger charge is -2.17. The van der Waals surface area contributed by atoms with Crippen molar-refractivity contribution in [2.24, 2.45) is 0 Å². The van der Waals surface area contributed by atoms with Crippen LogP contribution in [0.5, 0.6) is 0 Å². The molecule has 0 bridgehead atoms. The van der Waals surface area contributed by atoms with Crippen molar-refractivity contribution in [2.75, 3.05) is 26.2 Å². The molecule has 2 fully saturated rings. The van der Waals surface area contributed by atoms with Gasteiger partial charge in [0, 0.05) is 58.3 Å². The van der Waals surface area contributed by atoms with Gasteiger partial charge in [0.05, 0.1) is 0 Å². The van der Waals surface area contributed by atoms with Crippen molar-refractivity contribution in [3.05, 3.63) is 0 Å². The summed E-state index contributed by atoms with van der Waals surface area (Å²) in [6.45, 7) is 0.972. The van der Waals surface area contributed by atoms with Gasteiger partial charge in [-0.3, -0.25) is 43.4 Å². The number of carbonyl (C=O) groups is 7. The van der Waals surface area contributed by atoms with Gasteiger partial charge < -0.3 is 16.0 Å². The predicted octanol–water partition coefficient (Wildman–Crippen LogP) is -1.81. The van der Waals surface area contributed by atoms with Gasteiger partial charge in [-0.1, -0.05) is 0 Å². The lowest BCUT2D eigenvalue weighted by molar-refractivity contribution is -0.140. The molecule has 2 saturated heterocycles. The van der Waals surface area contributed by atoms with Crippen LogP contribution in [0.1, 0.15) is 51.4 Å². The minimum Gasteiger partial charge on any atom is -0.356 e. The Morgan fingerprint density at radius 3 is 1.75 bits per heavy atom. The Bertz CT molecular complexity index is 737. The van der Waals surface area contributed by atoms with Crippen LogP contribution in [-0.2, 0) is 33.6 Å². The zero-order chi connectivity index (χ0) is 23.5. The molecule has 0 aromatic heterocycles. The van der Waals surface area contributed by atoms with Crippen molar-refractivity contribution in [3.8, 4) is 0 Å². The lowest BCUT2D eigenvalue weighted by Crippen LogP contribution is -2.45. The Morgan fingerprint density at radius 1 is 0.812 bits per heavy atom. The molecule has 7 amide bonds. The molecule has 0 aromatic carbocycles. The van der Waals surface area contributed by atoms with Crippen molar-refractivity contribution in [3.63, 3.8) is 0 Å². The molecule has 176 valence electrons. The topological polar surface area (TPSA) is 162 Å². The van der Waals surface area contributed by atoms with Gasteiger partial charge in [-0.05, 0) is 19.3 Å². The number of nitrogens with zero attached hydrogens (tertiary/aromatic N) is 2. The molecule has 2 aliphatic heterocycles. The Morgan fingerprint density at radius 2 is 1.28 bits per heavy atom. The number of rotatable bonds is 14. The maximum absolute atomic E-state index is 12.3. The van der Waals surface area contributed by atoms with Gasteiger partial charge in [-0.2, -0.15) is 0 Å². The zero-order valence-corrected chi connectivity index (χ0v) is 17.9. The first-order valence-electron chi connectivity index (χ1n) is 10.7. The van der Waals surface area contributed by atoms with Crippen LogP contribution in [-0.4, -0.2) is 83.9 Å². The van der Waals surface area contributed by atoms with E-state index in [0.717, 1.165) is 0 Å². The zero-order valence-electron chi connectivity index (χ0n) is 17.9. The monoisotopic (exact) mass is 451 g/mol. The van der Waals surface area contributed by atoms with Crippen LogP contribution >= 0.6 is 0 Å². The summed E-state index contributed by atoms with van der Waals surface area (Å²) in [6.07, 6.45) is 2.18. The van der Waals surface area contributed by atoms with E-state index < -0.39 is 11.9 Å². The molecule has 0 aliphatic carbocycles. The van der Waals surface area contributed by atoms with Crippen LogP contribution in [0.15, 0.2) is 0 Å². The van der Waals surface area contributed by atoms with Gasteiger partial charge in [0.1, 0.15) is 6.04 Å². The highest BCUT2D eigenvalue weighted by Crippen LogP contribution is 2.12. The minimum atomic E-state index is -0.895. The predicted molar refractivity (Wildman–Crippen MR) is 109 cm³/mol. The van der Waals surface area contributed by atoms with E-state index in [0.29, 0.717) is 19.3 Å². The van der Waals surface area contributed by atoms with E-state index in [4.69, 9.17) is 0 Å². The van der Waals surface area contributed by atoms with E-state index in [1.54, 1.807) is 0 Å². The third-order valence-corrected chi connectivity index (χ3v) is 5.29. The molecule has 1 atom stereocenters. The van der Waals surface area contributed by atoms with Crippen molar-refractivity contribution in [1.29, 1.82) is 0 Å². The van der Waals surface area contributed by atoms with E-state index in [9.17, 15) is 33.6 Å². The van der Waals surface area contributed by atoms with Gasteiger partial charge in [-0.25, -0.2) is 0 Å². The van der Waals surface area contributed by atoms with Crippen LogP contribution in [0.2, 0.25) is 0 Å². The average molecular weight is 451 g/mol. The highest BCUT2D eigenvalue weighted by Gasteiger charge is 2.29. The standard InChI is InChI=1S/C20H29N5O7/c26-13-23-14(20(32)22-10-2-12-25-18(30)7-8-19(25)31)3-4-15(27)21-9-1-11-24-16(28)5-6-17(24)29/h13-14H,1-12H2,(H,21,27)(H,22,32)(H,23,26). The normalized spacial score (nSPS) is 17.0. The Balaban J connectivity index is 1.62. The molecule has 32 heavy (non-hydrogen) atoms. The summed E-state index contributed by atoms with van der Waals surface area (Å²) in [5, 5.41) is 7.66. The minimum absolute atomic E-state index is 0.00269. The Labute approximate surface area is 185 Å². The maximum atomic E-state index is 12.3. The number of imide groups is 2. The number of hydrogen-bond acceptors (Lipinski definition) is 7. The molecule has 12 nitrogen and oxygen atoms in total. The average Bonchev–Trinajstić information content (AvgIpc) is 3.26. The van der Waals surface area contributed by atoms with E-state index in [2.05, 4.69) is 16.0 Å². The molecule has 3 N–H and O–H groups in total. The fourth-order valence-electron chi connectivity index (χ4n) is 3.52. The van der Waals surface area contributed by atoms with Crippen molar-refractivity contribution >= 4 is 41.9 Å². The van der Waals surface area contributed by atoms with Crippen LogP contribution < -0.4 is 16.0 Å². The van der Waals surface area contributed by atoms with Crippen LogP contribution in [0.4, 0.5) is 0 Å². The van der Waals surface area contributed by atoms with E-state index >= 15 is 0 Å². The molecule has 2 rings (SSSR count). The summed E-state index contributed by atoms with van der Waals surface area (Å²) in [5.74, 6) is -1.61. The molecule has 0 spiro atoms. The number of likely N-dealkylation sites (tertiary alicyclic amines) is 2. The lowest BCUT2D eigenvalue weighted by atomic mass is 10.1. The van der Waals surface area contributed by atoms with Crippen LogP contribution in [0, 0.1) is 0 Å². The maximum Gasteiger partial charge on any atom is 0.242 e. The molecule has 2 heterocycles. The van der Waals surface area contributed by atoms with Gasteiger partial charge in [0.2, 0.25) is 41.9 Å². The number of nitrogens with one attached hydrogen (secondary N) is 3. The first-order valence-corrected chi connectivity index (χ1v) is 10.7. The first kappa shape index (κ1) is 25.0. The summed E-state index contributed by atoms with van der Waals surface area (Å²) in [4.78, 5) is 83.5. The molecule has 12 heteroatoms. The highest BCUT2D eigenvalue weighted by atomic mass is 16.2. The van der Waals surface area contributed by atoms with Gasteiger partial charge in [0.25, 0.3) is 0 Å². The van der Waals surface area contributed by atoms with E-state index in [1.807, 2.05) is 0 Å². The summed E-state index contributed by atoms with van der Waals surface area (Å²) in [6, 6.07) is -0.895. The fraction of sp³-hybridized carbons (Fsp3) is 0.650. The second-order valence-electron chi connectivity index (χ2n) is 7.60. The number of hydrogen-bond donors (Lipinski definition) is 3. The molecular weight excluding hydrogens is 422 g/mol. The van der Waals surface area contributed by atoms with Crippen molar-refractivity contribution < 1.29 is 33.6 Å². The Hall–Kier alpha value is -3.31. The summed E-state index contributed by atoms with van der Waals surface area (Å²) >= 11 is 0. The molecule has 0 saturated carbocycles. The SMILES string of the molecule is O=CNC(CCC(=O)NCCCN1C(=O)CCC1=O)C(=O)NCCCN1C(=O)CCC1=O. The first-order chi connectivity index (χ1) is 15.3. The smallest absolute Gasteiger partial charge is 0.242 e. The Kier molecular flexibility index (Phi) is 9.76. The molecule has 1 unspecified atom stereocenters. The second-order valence-corrected chi connectivity index (χ2v) is 7.60. The second kappa shape index (κ2) is 12.5. The third kappa shape index (κ3) is 7.43. The molecular formula is C20H29N5O7.